The van der Waals surface area contributed by atoms with Gasteiger partial charge in [0.15, 0.2) is 0 Å². The molecule has 16 heavy (non-hydrogen) atoms. The number of likely N-dealkylation sites (N-methyl/N-ethyl adjacent to an activating group) is 1. The first-order valence-electron chi connectivity index (χ1n) is 5.49. The lowest BCUT2D eigenvalue weighted by atomic mass is 10.6. The average molecular weight is 261 g/mol. The van der Waals surface area contributed by atoms with Crippen LogP contribution < -0.4 is 5.32 Å². The van der Waals surface area contributed by atoms with Crippen molar-refractivity contribution in [2.45, 2.75) is 25.0 Å². The van der Waals surface area contributed by atoms with Gasteiger partial charge in [0, 0.05) is 12.3 Å². The van der Waals surface area contributed by atoms with Crippen molar-refractivity contribution in [2.75, 3.05) is 30.9 Å². The van der Waals surface area contributed by atoms with E-state index in [9.17, 15) is 0 Å². The summed E-state index contributed by atoms with van der Waals surface area (Å²) in [6, 6.07) is 0. The van der Waals surface area contributed by atoms with Crippen LogP contribution in [0.15, 0.2) is 5.16 Å². The third-order valence-corrected chi connectivity index (χ3v) is 3.97. The summed E-state index contributed by atoms with van der Waals surface area (Å²) in [5.41, 5.74) is 0. The van der Waals surface area contributed by atoms with Gasteiger partial charge in [0.2, 0.25) is 5.16 Å². The summed E-state index contributed by atoms with van der Waals surface area (Å²) in [6.07, 6.45) is 1.21. The number of aromatic nitrogens is 4. The average Bonchev–Trinajstić information content (AvgIpc) is 2.74. The zero-order valence-electron chi connectivity index (χ0n) is 9.85. The molecule has 5 nitrogen and oxygen atoms in total. The highest BCUT2D eigenvalue weighted by Crippen LogP contribution is 2.15. The Morgan fingerprint density at radius 1 is 1.38 bits per heavy atom. The zero-order valence-corrected chi connectivity index (χ0v) is 11.5. The molecule has 92 valence electrons. The fraction of sp³-hybridized carbons (Fsp3) is 0.889. The number of nitrogens with zero attached hydrogens (tertiary/aromatic N) is 4. The molecule has 1 aromatic heterocycles. The summed E-state index contributed by atoms with van der Waals surface area (Å²) in [4.78, 5) is 0. The first-order chi connectivity index (χ1) is 7.88. The summed E-state index contributed by atoms with van der Waals surface area (Å²) >= 11 is 3.72. The van der Waals surface area contributed by atoms with Crippen LogP contribution in [0.25, 0.3) is 0 Å². The smallest absolute Gasteiger partial charge is 0.209 e. The molecule has 1 heterocycles. The van der Waals surface area contributed by atoms with E-state index in [0.29, 0.717) is 0 Å². The molecule has 0 saturated heterocycles. The predicted octanol–water partition coefficient (Wildman–Crippen LogP) is 1.13. The number of hydrogen-bond donors (Lipinski definition) is 1. The molecule has 1 aromatic rings. The second-order valence-corrected chi connectivity index (χ2v) is 5.64. The molecule has 7 heteroatoms. The molecule has 0 aliphatic heterocycles. The van der Waals surface area contributed by atoms with Crippen LogP contribution in [-0.2, 0) is 6.54 Å². The van der Waals surface area contributed by atoms with E-state index in [-0.39, 0.29) is 0 Å². The van der Waals surface area contributed by atoms with Crippen molar-refractivity contribution in [2.24, 2.45) is 0 Å². The molecule has 1 rings (SSSR count). The fourth-order valence-corrected chi connectivity index (χ4v) is 2.79. The van der Waals surface area contributed by atoms with Gasteiger partial charge in [0.25, 0.3) is 0 Å². The summed E-state index contributed by atoms with van der Waals surface area (Å²) in [6.45, 7) is 3.91. The minimum absolute atomic E-state index is 0.829. The molecule has 0 aromatic carbocycles. The zero-order chi connectivity index (χ0) is 11.6. The lowest BCUT2D eigenvalue weighted by Crippen LogP contribution is -2.16. The Bertz CT molecular complexity index is 279. The van der Waals surface area contributed by atoms with E-state index in [1.54, 1.807) is 11.8 Å². The van der Waals surface area contributed by atoms with Gasteiger partial charge in [0.1, 0.15) is 0 Å². The van der Waals surface area contributed by atoms with E-state index >= 15 is 0 Å². The van der Waals surface area contributed by atoms with Crippen LogP contribution in [0.5, 0.6) is 0 Å². The van der Waals surface area contributed by atoms with Crippen molar-refractivity contribution in [3.8, 4) is 0 Å². The van der Waals surface area contributed by atoms with Crippen molar-refractivity contribution in [1.29, 1.82) is 0 Å². The number of hydrogen-bond acceptors (Lipinski definition) is 6. The monoisotopic (exact) mass is 261 g/mol. The molecule has 0 aliphatic rings. The van der Waals surface area contributed by atoms with Crippen molar-refractivity contribution < 1.29 is 0 Å². The maximum absolute atomic E-state index is 4.02. The van der Waals surface area contributed by atoms with Gasteiger partial charge in [-0.05, 0) is 35.4 Å². The van der Waals surface area contributed by atoms with Crippen LogP contribution in [0.2, 0.25) is 0 Å². The number of tetrazole rings is 1. The van der Waals surface area contributed by atoms with Crippen LogP contribution in [-0.4, -0.2) is 51.1 Å². The standard InChI is InChI=1S/C9H19N5S2/c1-3-15-7-4-8-16-9-11-12-13-14(9)6-5-10-2/h10H,3-8H2,1-2H3. The third-order valence-electron chi connectivity index (χ3n) is 1.94. The Kier molecular flexibility index (Phi) is 7.62. The molecule has 1 N–H and O–H groups in total. The molecule has 0 fully saturated rings. The van der Waals surface area contributed by atoms with Gasteiger partial charge in [-0.15, -0.1) is 5.10 Å². The maximum atomic E-state index is 4.02. The van der Waals surface area contributed by atoms with Gasteiger partial charge in [-0.25, -0.2) is 4.68 Å². The molecule has 0 spiro atoms. The molecule has 0 unspecified atom stereocenters. The van der Waals surface area contributed by atoms with Crippen molar-refractivity contribution >= 4 is 23.5 Å². The Morgan fingerprint density at radius 2 is 2.25 bits per heavy atom. The minimum atomic E-state index is 0.829. The molecular formula is C9H19N5S2. The quantitative estimate of drug-likeness (QED) is 0.531. The predicted molar refractivity (Wildman–Crippen MR) is 70.1 cm³/mol. The number of thioether (sulfide) groups is 2. The summed E-state index contributed by atoms with van der Waals surface area (Å²) in [5.74, 6) is 3.51. The van der Waals surface area contributed by atoms with Crippen LogP contribution in [0.1, 0.15) is 13.3 Å². The van der Waals surface area contributed by atoms with E-state index in [1.807, 2.05) is 23.5 Å². The number of rotatable bonds is 9. The van der Waals surface area contributed by atoms with Gasteiger partial charge < -0.3 is 5.32 Å². The van der Waals surface area contributed by atoms with E-state index in [0.717, 1.165) is 24.0 Å². The largest absolute Gasteiger partial charge is 0.318 e. The fourth-order valence-electron chi connectivity index (χ4n) is 1.13. The highest BCUT2D eigenvalue weighted by atomic mass is 32.2. The minimum Gasteiger partial charge on any atom is -0.318 e. The Morgan fingerprint density at radius 3 is 3.00 bits per heavy atom. The van der Waals surface area contributed by atoms with Crippen LogP contribution >= 0.6 is 23.5 Å². The highest BCUT2D eigenvalue weighted by molar-refractivity contribution is 8.00. The van der Waals surface area contributed by atoms with Crippen molar-refractivity contribution in [3.63, 3.8) is 0 Å². The van der Waals surface area contributed by atoms with Gasteiger partial charge >= 0.3 is 0 Å². The van der Waals surface area contributed by atoms with Gasteiger partial charge in [-0.1, -0.05) is 18.7 Å². The van der Waals surface area contributed by atoms with E-state index in [4.69, 9.17) is 0 Å². The number of nitrogens with one attached hydrogen (secondary N) is 1. The van der Waals surface area contributed by atoms with Crippen molar-refractivity contribution in [1.82, 2.24) is 25.5 Å². The van der Waals surface area contributed by atoms with Crippen LogP contribution in [0.4, 0.5) is 0 Å². The summed E-state index contributed by atoms with van der Waals surface area (Å²) in [5, 5.41) is 15.7. The molecule has 0 radical (unpaired) electrons. The second-order valence-electron chi connectivity index (χ2n) is 3.19. The Balaban J connectivity index is 2.22. The van der Waals surface area contributed by atoms with E-state index < -0.39 is 0 Å². The second kappa shape index (κ2) is 8.83. The molecular weight excluding hydrogens is 242 g/mol. The van der Waals surface area contributed by atoms with Gasteiger partial charge in [0.05, 0.1) is 6.54 Å². The first kappa shape index (κ1) is 13.8. The first-order valence-corrected chi connectivity index (χ1v) is 7.63. The lowest BCUT2D eigenvalue weighted by Gasteiger charge is -2.03. The highest BCUT2D eigenvalue weighted by Gasteiger charge is 2.05. The van der Waals surface area contributed by atoms with Crippen LogP contribution in [0, 0.1) is 0 Å². The van der Waals surface area contributed by atoms with E-state index in [2.05, 4.69) is 27.8 Å². The molecule has 0 amide bonds. The molecule has 0 bridgehead atoms. The van der Waals surface area contributed by atoms with Gasteiger partial charge in [-0.2, -0.15) is 11.8 Å². The topological polar surface area (TPSA) is 55.6 Å². The molecule has 0 saturated carbocycles. The Labute approximate surface area is 105 Å². The third kappa shape index (κ3) is 5.18. The van der Waals surface area contributed by atoms with Gasteiger partial charge in [-0.3, -0.25) is 0 Å². The normalized spacial score (nSPS) is 10.9. The maximum Gasteiger partial charge on any atom is 0.209 e. The SMILES string of the molecule is CCSCCCSc1nnnn1CCNC. The van der Waals surface area contributed by atoms with E-state index in [1.165, 1.54) is 17.9 Å². The molecule has 0 atom stereocenters. The van der Waals surface area contributed by atoms with Crippen molar-refractivity contribution in [3.05, 3.63) is 0 Å². The summed E-state index contributed by atoms with van der Waals surface area (Å²) in [7, 11) is 1.93. The summed E-state index contributed by atoms with van der Waals surface area (Å²) < 4.78 is 1.86. The lowest BCUT2D eigenvalue weighted by molar-refractivity contribution is 0.530. The van der Waals surface area contributed by atoms with Crippen LogP contribution in [0.3, 0.4) is 0 Å². The molecule has 0 aliphatic carbocycles. The Hall–Kier alpha value is -0.270.